The standard InChI is InChI=1S/C12H14ClN5O2/c13-10-3-4-11(12(7-10)18(19)20)14-5-1-2-6-17-8-15-16-9-17/h3-4,7-9,14H,1-2,5-6H2. The summed E-state index contributed by atoms with van der Waals surface area (Å²) in [6.07, 6.45) is 5.15. The third-order valence-corrected chi connectivity index (χ3v) is 3.02. The lowest BCUT2D eigenvalue weighted by atomic mass is 10.2. The number of halogens is 1. The first-order valence-corrected chi connectivity index (χ1v) is 6.55. The first-order valence-electron chi connectivity index (χ1n) is 6.17. The van der Waals surface area contributed by atoms with E-state index >= 15 is 0 Å². The zero-order valence-electron chi connectivity index (χ0n) is 10.7. The second-order valence-electron chi connectivity index (χ2n) is 4.25. The molecule has 0 atom stereocenters. The van der Waals surface area contributed by atoms with Crippen molar-refractivity contribution in [3.63, 3.8) is 0 Å². The van der Waals surface area contributed by atoms with Crippen LogP contribution in [0, 0.1) is 10.1 Å². The molecular formula is C12H14ClN5O2. The molecule has 0 radical (unpaired) electrons. The van der Waals surface area contributed by atoms with Gasteiger partial charge in [0.05, 0.1) is 4.92 Å². The first-order chi connectivity index (χ1) is 9.66. The topological polar surface area (TPSA) is 85.9 Å². The van der Waals surface area contributed by atoms with Crippen molar-refractivity contribution in [3.8, 4) is 0 Å². The van der Waals surface area contributed by atoms with Gasteiger partial charge in [-0.05, 0) is 25.0 Å². The number of unbranched alkanes of at least 4 members (excludes halogenated alkanes) is 1. The third kappa shape index (κ3) is 3.92. The van der Waals surface area contributed by atoms with Crippen molar-refractivity contribution in [1.29, 1.82) is 0 Å². The minimum absolute atomic E-state index is 0.00342. The van der Waals surface area contributed by atoms with Gasteiger partial charge < -0.3 is 9.88 Å². The SMILES string of the molecule is O=[N+]([O-])c1cc(Cl)ccc1NCCCCn1cnnc1. The number of nitrogens with zero attached hydrogens (tertiary/aromatic N) is 4. The highest BCUT2D eigenvalue weighted by atomic mass is 35.5. The summed E-state index contributed by atoms with van der Waals surface area (Å²) in [5.74, 6) is 0. The lowest BCUT2D eigenvalue weighted by Crippen LogP contribution is -2.05. The maximum absolute atomic E-state index is 10.9. The molecule has 0 fully saturated rings. The number of aromatic nitrogens is 3. The Morgan fingerprint density at radius 1 is 1.30 bits per heavy atom. The monoisotopic (exact) mass is 295 g/mol. The van der Waals surface area contributed by atoms with Crippen molar-refractivity contribution < 1.29 is 4.92 Å². The molecule has 0 amide bonds. The Morgan fingerprint density at radius 3 is 2.75 bits per heavy atom. The van der Waals surface area contributed by atoms with Crippen LogP contribution < -0.4 is 5.32 Å². The Morgan fingerprint density at radius 2 is 2.05 bits per heavy atom. The molecule has 0 saturated heterocycles. The molecule has 2 aromatic rings. The largest absolute Gasteiger partial charge is 0.379 e. The van der Waals surface area contributed by atoms with Gasteiger partial charge in [0.15, 0.2) is 0 Å². The zero-order valence-corrected chi connectivity index (χ0v) is 11.5. The fourth-order valence-electron chi connectivity index (χ4n) is 1.79. The molecule has 0 aliphatic rings. The number of hydrogen-bond donors (Lipinski definition) is 1. The second-order valence-corrected chi connectivity index (χ2v) is 4.69. The van der Waals surface area contributed by atoms with Gasteiger partial charge in [0.25, 0.3) is 5.69 Å². The highest BCUT2D eigenvalue weighted by molar-refractivity contribution is 6.30. The maximum atomic E-state index is 10.9. The number of hydrogen-bond acceptors (Lipinski definition) is 5. The summed E-state index contributed by atoms with van der Waals surface area (Å²) in [5, 5.41) is 21.8. The van der Waals surface area contributed by atoms with Crippen molar-refractivity contribution in [2.75, 3.05) is 11.9 Å². The lowest BCUT2D eigenvalue weighted by molar-refractivity contribution is -0.383. The summed E-state index contributed by atoms with van der Waals surface area (Å²) in [4.78, 5) is 10.5. The van der Waals surface area contributed by atoms with Gasteiger partial charge in [-0.25, -0.2) is 0 Å². The zero-order chi connectivity index (χ0) is 14.4. The summed E-state index contributed by atoms with van der Waals surface area (Å²) in [7, 11) is 0. The van der Waals surface area contributed by atoms with E-state index in [-0.39, 0.29) is 5.69 Å². The highest BCUT2D eigenvalue weighted by Crippen LogP contribution is 2.27. The molecule has 7 nitrogen and oxygen atoms in total. The van der Waals surface area contributed by atoms with Crippen LogP contribution in [0.2, 0.25) is 5.02 Å². The van der Waals surface area contributed by atoms with Crippen LogP contribution in [0.5, 0.6) is 0 Å². The number of nitro benzene ring substituents is 1. The Bertz CT molecular complexity index is 573. The van der Waals surface area contributed by atoms with Gasteiger partial charge in [0, 0.05) is 24.2 Å². The Hall–Kier alpha value is -2.15. The molecule has 1 aromatic heterocycles. The van der Waals surface area contributed by atoms with Crippen LogP contribution in [0.1, 0.15) is 12.8 Å². The van der Waals surface area contributed by atoms with Crippen LogP contribution >= 0.6 is 11.6 Å². The molecule has 0 unspecified atom stereocenters. The van der Waals surface area contributed by atoms with Gasteiger partial charge in [-0.15, -0.1) is 10.2 Å². The summed E-state index contributed by atoms with van der Waals surface area (Å²) in [6, 6.07) is 4.61. The van der Waals surface area contributed by atoms with Crippen LogP contribution in [0.4, 0.5) is 11.4 Å². The Balaban J connectivity index is 1.80. The number of benzene rings is 1. The number of nitro groups is 1. The van der Waals surface area contributed by atoms with E-state index in [2.05, 4.69) is 15.5 Å². The number of rotatable bonds is 7. The fraction of sp³-hybridized carbons (Fsp3) is 0.333. The molecule has 0 aliphatic carbocycles. The van der Waals surface area contributed by atoms with E-state index in [1.165, 1.54) is 6.07 Å². The predicted octanol–water partition coefficient (Wildman–Crippen LogP) is 2.73. The molecule has 1 N–H and O–H groups in total. The molecule has 1 aromatic carbocycles. The molecule has 1 heterocycles. The van der Waals surface area contributed by atoms with Crippen LogP contribution in [-0.2, 0) is 6.54 Å². The molecule has 0 saturated carbocycles. The minimum atomic E-state index is -0.439. The van der Waals surface area contributed by atoms with Crippen LogP contribution in [-0.4, -0.2) is 26.2 Å². The van der Waals surface area contributed by atoms with E-state index in [1.54, 1.807) is 24.8 Å². The van der Waals surface area contributed by atoms with Gasteiger partial charge in [-0.3, -0.25) is 10.1 Å². The van der Waals surface area contributed by atoms with Crippen molar-refractivity contribution in [1.82, 2.24) is 14.8 Å². The minimum Gasteiger partial charge on any atom is -0.379 e. The van der Waals surface area contributed by atoms with Crippen molar-refractivity contribution in [3.05, 3.63) is 46.0 Å². The van der Waals surface area contributed by atoms with Crippen LogP contribution in [0.25, 0.3) is 0 Å². The van der Waals surface area contributed by atoms with Crippen molar-refractivity contribution in [2.24, 2.45) is 0 Å². The van der Waals surface area contributed by atoms with E-state index in [4.69, 9.17) is 11.6 Å². The smallest absolute Gasteiger partial charge is 0.293 e. The highest BCUT2D eigenvalue weighted by Gasteiger charge is 2.13. The summed E-state index contributed by atoms with van der Waals surface area (Å²) in [6.45, 7) is 1.49. The van der Waals surface area contributed by atoms with Gasteiger partial charge >= 0.3 is 0 Å². The molecule has 0 bridgehead atoms. The number of aryl methyl sites for hydroxylation is 1. The van der Waals surface area contributed by atoms with Gasteiger partial charge in [-0.1, -0.05) is 11.6 Å². The molecule has 0 aliphatic heterocycles. The predicted molar refractivity (Wildman–Crippen MR) is 75.9 cm³/mol. The second kappa shape index (κ2) is 6.85. The van der Waals surface area contributed by atoms with Gasteiger partial charge in [0.2, 0.25) is 0 Å². The average molecular weight is 296 g/mol. The molecule has 8 heteroatoms. The summed E-state index contributed by atoms with van der Waals surface area (Å²) in [5.41, 5.74) is 0.486. The normalized spacial score (nSPS) is 10.4. The molecule has 2 rings (SSSR count). The summed E-state index contributed by atoms with van der Waals surface area (Å²) >= 11 is 5.75. The number of nitrogens with one attached hydrogen (secondary N) is 1. The number of anilines is 1. The van der Waals surface area contributed by atoms with Gasteiger partial charge in [0.1, 0.15) is 18.3 Å². The molecular weight excluding hydrogens is 282 g/mol. The van der Waals surface area contributed by atoms with E-state index in [0.717, 1.165) is 19.4 Å². The van der Waals surface area contributed by atoms with E-state index < -0.39 is 4.92 Å². The van der Waals surface area contributed by atoms with Crippen LogP contribution in [0.3, 0.4) is 0 Å². The van der Waals surface area contributed by atoms with Crippen molar-refractivity contribution >= 4 is 23.0 Å². The Labute approximate surface area is 120 Å². The van der Waals surface area contributed by atoms with Crippen LogP contribution in [0.15, 0.2) is 30.9 Å². The fourth-order valence-corrected chi connectivity index (χ4v) is 1.95. The Kier molecular flexibility index (Phi) is 4.89. The third-order valence-electron chi connectivity index (χ3n) is 2.78. The lowest BCUT2D eigenvalue weighted by Gasteiger charge is -2.07. The summed E-state index contributed by atoms with van der Waals surface area (Å²) < 4.78 is 1.89. The molecule has 0 spiro atoms. The molecule has 106 valence electrons. The quantitative estimate of drug-likeness (QED) is 0.482. The maximum Gasteiger partial charge on any atom is 0.293 e. The molecule has 20 heavy (non-hydrogen) atoms. The van der Waals surface area contributed by atoms with E-state index in [9.17, 15) is 10.1 Å². The first kappa shape index (κ1) is 14.3. The van der Waals surface area contributed by atoms with Crippen molar-refractivity contribution in [2.45, 2.75) is 19.4 Å². The van der Waals surface area contributed by atoms with E-state index in [0.29, 0.717) is 17.3 Å². The van der Waals surface area contributed by atoms with Gasteiger partial charge in [-0.2, -0.15) is 0 Å². The average Bonchev–Trinajstić information content (AvgIpc) is 2.92. The van der Waals surface area contributed by atoms with E-state index in [1.807, 2.05) is 4.57 Å².